The summed E-state index contributed by atoms with van der Waals surface area (Å²) in [5, 5.41) is 5.20. The van der Waals surface area contributed by atoms with E-state index in [0.717, 1.165) is 5.92 Å². The van der Waals surface area contributed by atoms with Crippen LogP contribution in [0.5, 0.6) is 0 Å². The number of fused-ring (bicyclic) bond motifs is 6. The third-order valence-electron chi connectivity index (χ3n) is 11.5. The fraction of sp³-hybridized carbons (Fsp3) is 0.149. The fourth-order valence-electron chi connectivity index (χ4n) is 9.16. The molecule has 49 heavy (non-hydrogen) atoms. The van der Waals surface area contributed by atoms with Crippen molar-refractivity contribution in [3.05, 3.63) is 163 Å². The molecule has 0 unspecified atom stereocenters. The summed E-state index contributed by atoms with van der Waals surface area (Å²) in [4.78, 5) is 2.50. The van der Waals surface area contributed by atoms with Gasteiger partial charge in [-0.25, -0.2) is 0 Å². The summed E-state index contributed by atoms with van der Waals surface area (Å²) >= 11 is 1.89. The minimum absolute atomic E-state index is 0.388. The molecule has 2 saturated carbocycles. The van der Waals surface area contributed by atoms with E-state index in [-0.39, 0.29) is 0 Å². The largest absolute Gasteiger partial charge is 0.310 e. The molecule has 1 heterocycles. The third kappa shape index (κ3) is 4.73. The van der Waals surface area contributed by atoms with Crippen molar-refractivity contribution in [2.45, 2.75) is 37.5 Å². The van der Waals surface area contributed by atoms with E-state index >= 15 is 0 Å². The number of anilines is 3. The molecule has 0 radical (unpaired) electrons. The van der Waals surface area contributed by atoms with Gasteiger partial charge >= 0.3 is 0 Å². The van der Waals surface area contributed by atoms with Gasteiger partial charge in [0.1, 0.15) is 0 Å². The highest BCUT2D eigenvalue weighted by atomic mass is 32.1. The highest BCUT2D eigenvalue weighted by Crippen LogP contribution is 2.56. The second-order valence-electron chi connectivity index (χ2n) is 14.2. The normalized spacial score (nSPS) is 18.5. The van der Waals surface area contributed by atoms with Crippen molar-refractivity contribution >= 4 is 59.3 Å². The summed E-state index contributed by atoms with van der Waals surface area (Å²) in [6.07, 6.45) is 6.85. The van der Waals surface area contributed by atoms with Crippen LogP contribution in [0.25, 0.3) is 53.2 Å². The quantitative estimate of drug-likeness (QED) is 0.174. The summed E-state index contributed by atoms with van der Waals surface area (Å²) < 4.78 is 2.65. The van der Waals surface area contributed by atoms with Crippen LogP contribution in [0, 0.1) is 5.92 Å². The van der Waals surface area contributed by atoms with Crippen LogP contribution < -0.4 is 4.90 Å². The van der Waals surface area contributed by atoms with Gasteiger partial charge in [-0.3, -0.25) is 0 Å². The number of rotatable bonds is 6. The van der Waals surface area contributed by atoms with Crippen LogP contribution in [0.1, 0.15) is 37.7 Å². The standard InChI is InChI=1S/C47H37NS/c1-2-10-33(11-3-1)38-16-8-12-34-13-9-17-42(46(34)38)39-14-4-6-18-43(39)48(36-22-20-35(21-23-36)47-28-26-32(31-47)27-29-47)37-24-25-41-40-15-5-7-19-44(40)49-45(41)30-37/h1-25,30,32H,26-29,31H2. The predicted octanol–water partition coefficient (Wildman–Crippen LogP) is 13.8. The maximum atomic E-state index is 2.50. The summed E-state index contributed by atoms with van der Waals surface area (Å²) in [7, 11) is 0. The van der Waals surface area contributed by atoms with Crippen molar-refractivity contribution in [1.82, 2.24) is 0 Å². The van der Waals surface area contributed by atoms with E-state index in [2.05, 4.69) is 163 Å². The smallest absolute Gasteiger partial charge is 0.0540 e. The molecule has 0 amide bonds. The Balaban J connectivity index is 1.18. The molecule has 2 bridgehead atoms. The van der Waals surface area contributed by atoms with E-state index in [0.29, 0.717) is 5.41 Å². The molecule has 8 aromatic rings. The molecule has 1 nitrogen and oxygen atoms in total. The van der Waals surface area contributed by atoms with Gasteiger partial charge in [0.25, 0.3) is 0 Å². The zero-order valence-corrected chi connectivity index (χ0v) is 28.3. The van der Waals surface area contributed by atoms with Crippen LogP contribution in [-0.4, -0.2) is 0 Å². The zero-order valence-electron chi connectivity index (χ0n) is 27.5. The van der Waals surface area contributed by atoms with Crippen LogP contribution in [-0.2, 0) is 5.41 Å². The van der Waals surface area contributed by atoms with Crippen LogP contribution in [0.3, 0.4) is 0 Å². The molecule has 0 aliphatic heterocycles. The molecule has 2 aliphatic rings. The number of benzene rings is 7. The van der Waals surface area contributed by atoms with Gasteiger partial charge in [0.05, 0.1) is 5.69 Å². The number of para-hydroxylation sites is 1. The molecule has 0 saturated heterocycles. The molecule has 236 valence electrons. The van der Waals surface area contributed by atoms with Crippen LogP contribution in [0.2, 0.25) is 0 Å². The van der Waals surface area contributed by atoms with E-state index in [4.69, 9.17) is 0 Å². The second-order valence-corrected chi connectivity index (χ2v) is 15.3. The molecule has 7 aromatic carbocycles. The number of thiophene rings is 1. The highest BCUT2D eigenvalue weighted by molar-refractivity contribution is 7.25. The van der Waals surface area contributed by atoms with E-state index < -0.39 is 0 Å². The van der Waals surface area contributed by atoms with Crippen LogP contribution in [0.15, 0.2) is 158 Å². The highest BCUT2D eigenvalue weighted by Gasteiger charge is 2.45. The Morgan fingerprint density at radius 2 is 1.20 bits per heavy atom. The van der Waals surface area contributed by atoms with Crippen molar-refractivity contribution < 1.29 is 0 Å². The van der Waals surface area contributed by atoms with Crippen LogP contribution >= 0.6 is 11.3 Å². The number of hydrogen-bond acceptors (Lipinski definition) is 2. The molecule has 0 atom stereocenters. The van der Waals surface area contributed by atoms with Crippen molar-refractivity contribution in [2.24, 2.45) is 5.92 Å². The Bertz CT molecular complexity index is 2480. The lowest BCUT2D eigenvalue weighted by Gasteiger charge is -2.30. The topological polar surface area (TPSA) is 3.24 Å². The van der Waals surface area contributed by atoms with Crippen molar-refractivity contribution in [2.75, 3.05) is 4.90 Å². The predicted molar refractivity (Wildman–Crippen MR) is 211 cm³/mol. The first-order valence-corrected chi connectivity index (χ1v) is 18.5. The lowest BCUT2D eigenvalue weighted by atomic mass is 9.78. The Labute approximate surface area is 292 Å². The van der Waals surface area contributed by atoms with Crippen molar-refractivity contribution in [3.63, 3.8) is 0 Å². The summed E-state index contributed by atoms with van der Waals surface area (Å²) in [5.41, 5.74) is 10.5. The Kier molecular flexibility index (Phi) is 6.74. The number of hydrogen-bond donors (Lipinski definition) is 0. The molecule has 10 rings (SSSR count). The average molecular weight is 648 g/mol. The Hall–Kier alpha value is -5.18. The van der Waals surface area contributed by atoms with Crippen molar-refractivity contribution in [3.8, 4) is 22.3 Å². The molecule has 1 aromatic heterocycles. The lowest BCUT2D eigenvalue weighted by Crippen LogP contribution is -2.19. The summed E-state index contributed by atoms with van der Waals surface area (Å²) in [5.74, 6) is 0.928. The third-order valence-corrected chi connectivity index (χ3v) is 12.7. The molecule has 2 fully saturated rings. The van der Waals surface area contributed by atoms with Gasteiger partial charge in [0, 0.05) is 37.1 Å². The monoisotopic (exact) mass is 647 g/mol. The molecule has 2 heteroatoms. The molecule has 0 spiro atoms. The summed E-state index contributed by atoms with van der Waals surface area (Å²) in [6.45, 7) is 0. The maximum Gasteiger partial charge on any atom is 0.0540 e. The second kappa shape index (κ2) is 11.5. The zero-order chi connectivity index (χ0) is 32.4. The van der Waals surface area contributed by atoms with Gasteiger partial charge in [-0.1, -0.05) is 121 Å². The van der Waals surface area contributed by atoms with Crippen LogP contribution in [0.4, 0.5) is 17.1 Å². The maximum absolute atomic E-state index is 2.50. The first kappa shape index (κ1) is 28.8. The van der Waals surface area contributed by atoms with Gasteiger partial charge in [0.2, 0.25) is 0 Å². The molecular formula is C47H37NS. The van der Waals surface area contributed by atoms with Gasteiger partial charge < -0.3 is 4.90 Å². The first-order valence-electron chi connectivity index (χ1n) is 17.7. The lowest BCUT2D eigenvalue weighted by molar-refractivity contribution is 0.419. The van der Waals surface area contributed by atoms with E-state index in [1.807, 2.05) is 11.3 Å². The van der Waals surface area contributed by atoms with Crippen molar-refractivity contribution in [1.29, 1.82) is 0 Å². The van der Waals surface area contributed by atoms with E-state index in [1.165, 1.54) is 108 Å². The minimum Gasteiger partial charge on any atom is -0.310 e. The fourth-order valence-corrected chi connectivity index (χ4v) is 10.3. The van der Waals surface area contributed by atoms with Gasteiger partial charge in [-0.15, -0.1) is 11.3 Å². The van der Waals surface area contributed by atoms with Gasteiger partial charge in [-0.2, -0.15) is 0 Å². The minimum atomic E-state index is 0.388. The SMILES string of the molecule is c1ccc(-c2cccc3cccc(-c4ccccc4N(c4ccc(C56CCC(CC5)C6)cc4)c4ccc5c(c4)sc4ccccc45)c23)cc1. The van der Waals surface area contributed by atoms with Gasteiger partial charge in [-0.05, 0) is 113 Å². The molecule has 2 aliphatic carbocycles. The van der Waals surface area contributed by atoms with Gasteiger partial charge in [0.15, 0.2) is 0 Å². The number of nitrogens with zero attached hydrogens (tertiary/aromatic N) is 1. The molecule has 0 N–H and O–H groups in total. The Morgan fingerprint density at radius 3 is 2.00 bits per heavy atom. The van der Waals surface area contributed by atoms with E-state index in [1.54, 1.807) is 0 Å². The summed E-state index contributed by atoms with van der Waals surface area (Å²) in [6, 6.07) is 58.8. The molecular weight excluding hydrogens is 611 g/mol. The first-order chi connectivity index (χ1) is 24.2. The van der Waals surface area contributed by atoms with E-state index in [9.17, 15) is 0 Å². The average Bonchev–Trinajstić information content (AvgIpc) is 3.89. The Morgan fingerprint density at radius 1 is 0.531 bits per heavy atom.